The molecule has 0 bridgehead atoms. The molecule has 0 radical (unpaired) electrons. The van der Waals surface area contributed by atoms with E-state index >= 15 is 0 Å². The first-order valence-electron chi connectivity index (χ1n) is 4.31. The Labute approximate surface area is 87.7 Å². The SMILES string of the molecule is COC(=O)c1cn(C)nc1C(OC)OC. The Hall–Kier alpha value is -1.40. The van der Waals surface area contributed by atoms with E-state index in [9.17, 15) is 4.79 Å². The van der Waals surface area contributed by atoms with Gasteiger partial charge in [0, 0.05) is 27.5 Å². The number of esters is 1. The van der Waals surface area contributed by atoms with E-state index in [1.165, 1.54) is 26.0 Å². The number of methoxy groups -OCH3 is 3. The molecule has 0 aromatic carbocycles. The van der Waals surface area contributed by atoms with E-state index in [-0.39, 0.29) is 0 Å². The minimum Gasteiger partial charge on any atom is -0.465 e. The molecule has 0 amide bonds. The Balaban J connectivity index is 3.10. The lowest BCUT2D eigenvalue weighted by Crippen LogP contribution is -2.11. The van der Waals surface area contributed by atoms with Crippen molar-refractivity contribution in [2.45, 2.75) is 6.29 Å². The summed E-state index contributed by atoms with van der Waals surface area (Å²) in [5.41, 5.74) is 0.753. The van der Waals surface area contributed by atoms with Gasteiger partial charge in [-0.15, -0.1) is 0 Å². The van der Waals surface area contributed by atoms with Gasteiger partial charge in [-0.05, 0) is 0 Å². The standard InChI is InChI=1S/C9H14N2O4/c1-11-5-6(8(12)13-2)7(10-11)9(14-3)15-4/h5,9H,1-4H3. The lowest BCUT2D eigenvalue weighted by Gasteiger charge is -2.11. The van der Waals surface area contributed by atoms with Crippen molar-refractivity contribution in [3.8, 4) is 0 Å². The molecule has 0 saturated heterocycles. The van der Waals surface area contributed by atoms with Crippen molar-refractivity contribution < 1.29 is 19.0 Å². The molecule has 6 heteroatoms. The number of hydrogen-bond donors (Lipinski definition) is 0. The van der Waals surface area contributed by atoms with Crippen LogP contribution in [0.25, 0.3) is 0 Å². The summed E-state index contributed by atoms with van der Waals surface area (Å²) in [6.07, 6.45) is 0.895. The third-order valence-electron chi connectivity index (χ3n) is 1.91. The predicted octanol–water partition coefficient (Wildman–Crippen LogP) is 0.498. The highest BCUT2D eigenvalue weighted by Gasteiger charge is 2.23. The third kappa shape index (κ3) is 2.34. The number of aromatic nitrogens is 2. The van der Waals surface area contributed by atoms with Crippen molar-refractivity contribution in [1.82, 2.24) is 9.78 Å². The fraction of sp³-hybridized carbons (Fsp3) is 0.556. The van der Waals surface area contributed by atoms with Gasteiger partial charge in [-0.1, -0.05) is 0 Å². The summed E-state index contributed by atoms with van der Waals surface area (Å²) in [7, 11) is 5.97. The second kappa shape index (κ2) is 4.90. The largest absolute Gasteiger partial charge is 0.465 e. The molecular weight excluding hydrogens is 200 g/mol. The molecule has 1 aromatic rings. The number of carbonyl (C=O) groups excluding carboxylic acids is 1. The van der Waals surface area contributed by atoms with Crippen molar-refractivity contribution in [2.75, 3.05) is 21.3 Å². The van der Waals surface area contributed by atoms with Crippen molar-refractivity contribution >= 4 is 5.97 Å². The molecule has 0 aliphatic carbocycles. The lowest BCUT2D eigenvalue weighted by atomic mass is 10.2. The van der Waals surface area contributed by atoms with Gasteiger partial charge in [-0.3, -0.25) is 4.68 Å². The van der Waals surface area contributed by atoms with E-state index in [2.05, 4.69) is 9.84 Å². The molecule has 84 valence electrons. The van der Waals surface area contributed by atoms with Crippen LogP contribution >= 0.6 is 0 Å². The van der Waals surface area contributed by atoms with E-state index in [0.717, 1.165) is 0 Å². The summed E-state index contributed by atoms with van der Waals surface area (Å²) in [5.74, 6) is -0.461. The van der Waals surface area contributed by atoms with Crippen LogP contribution in [0.15, 0.2) is 6.20 Å². The Morgan fingerprint density at radius 2 is 2.00 bits per heavy atom. The summed E-state index contributed by atoms with van der Waals surface area (Å²) in [6, 6.07) is 0. The minimum atomic E-state index is -0.666. The van der Waals surface area contributed by atoms with Gasteiger partial charge in [0.15, 0.2) is 0 Å². The van der Waals surface area contributed by atoms with Crippen LogP contribution in [0.4, 0.5) is 0 Å². The van der Waals surface area contributed by atoms with Crippen LogP contribution in [0.2, 0.25) is 0 Å². The first-order valence-corrected chi connectivity index (χ1v) is 4.31. The first kappa shape index (κ1) is 11.7. The summed E-state index contributed by atoms with van der Waals surface area (Å²) in [6.45, 7) is 0. The molecule has 0 N–H and O–H groups in total. The van der Waals surface area contributed by atoms with Crippen LogP contribution in [0.5, 0.6) is 0 Å². The molecule has 15 heavy (non-hydrogen) atoms. The summed E-state index contributed by atoms with van der Waals surface area (Å²) >= 11 is 0. The summed E-state index contributed by atoms with van der Waals surface area (Å²) in [5, 5.41) is 4.09. The average Bonchev–Trinajstić information content (AvgIpc) is 2.61. The van der Waals surface area contributed by atoms with Crippen LogP contribution < -0.4 is 0 Å². The summed E-state index contributed by atoms with van der Waals surface area (Å²) < 4.78 is 16.2. The molecule has 0 aliphatic rings. The molecule has 0 saturated carbocycles. The van der Waals surface area contributed by atoms with E-state index in [4.69, 9.17) is 9.47 Å². The minimum absolute atomic E-state index is 0.341. The molecule has 0 fully saturated rings. The zero-order chi connectivity index (χ0) is 11.4. The highest BCUT2D eigenvalue weighted by atomic mass is 16.7. The number of carbonyl (C=O) groups is 1. The smallest absolute Gasteiger partial charge is 0.341 e. The van der Waals surface area contributed by atoms with Crippen LogP contribution in [0, 0.1) is 0 Å². The molecule has 0 atom stereocenters. The van der Waals surface area contributed by atoms with E-state index in [1.54, 1.807) is 13.2 Å². The van der Waals surface area contributed by atoms with Crippen LogP contribution in [0.1, 0.15) is 22.3 Å². The maximum Gasteiger partial charge on any atom is 0.341 e. The second-order valence-corrected chi connectivity index (χ2v) is 2.90. The maximum atomic E-state index is 11.4. The Morgan fingerprint density at radius 1 is 1.40 bits per heavy atom. The number of ether oxygens (including phenoxy) is 3. The summed E-state index contributed by atoms with van der Waals surface area (Å²) in [4.78, 5) is 11.4. The normalized spacial score (nSPS) is 10.7. The molecule has 0 spiro atoms. The van der Waals surface area contributed by atoms with E-state index in [1.807, 2.05) is 0 Å². The monoisotopic (exact) mass is 214 g/mol. The fourth-order valence-electron chi connectivity index (χ4n) is 1.27. The zero-order valence-corrected chi connectivity index (χ0v) is 9.18. The molecule has 0 unspecified atom stereocenters. The van der Waals surface area contributed by atoms with Gasteiger partial charge in [0.05, 0.1) is 7.11 Å². The Bertz CT molecular complexity index is 344. The molecular formula is C9H14N2O4. The van der Waals surface area contributed by atoms with Gasteiger partial charge in [-0.25, -0.2) is 4.79 Å². The van der Waals surface area contributed by atoms with Crippen molar-refractivity contribution in [2.24, 2.45) is 7.05 Å². The first-order chi connectivity index (χ1) is 7.13. The van der Waals surface area contributed by atoms with Gasteiger partial charge in [0.25, 0.3) is 0 Å². The average molecular weight is 214 g/mol. The molecule has 1 heterocycles. The molecule has 1 rings (SSSR count). The van der Waals surface area contributed by atoms with Gasteiger partial charge < -0.3 is 14.2 Å². The van der Waals surface area contributed by atoms with Gasteiger partial charge in [0.2, 0.25) is 6.29 Å². The number of nitrogens with zero attached hydrogens (tertiary/aromatic N) is 2. The van der Waals surface area contributed by atoms with Crippen LogP contribution in [-0.4, -0.2) is 37.1 Å². The van der Waals surface area contributed by atoms with Crippen molar-refractivity contribution in [3.05, 3.63) is 17.5 Å². The second-order valence-electron chi connectivity index (χ2n) is 2.90. The topological polar surface area (TPSA) is 62.6 Å². The molecule has 1 aromatic heterocycles. The van der Waals surface area contributed by atoms with E-state index in [0.29, 0.717) is 11.3 Å². The zero-order valence-electron chi connectivity index (χ0n) is 9.18. The highest BCUT2D eigenvalue weighted by molar-refractivity contribution is 5.90. The Morgan fingerprint density at radius 3 is 2.47 bits per heavy atom. The van der Waals surface area contributed by atoms with Crippen LogP contribution in [-0.2, 0) is 21.3 Å². The van der Waals surface area contributed by atoms with Crippen LogP contribution in [0.3, 0.4) is 0 Å². The van der Waals surface area contributed by atoms with Crippen molar-refractivity contribution in [3.63, 3.8) is 0 Å². The fourth-order valence-corrected chi connectivity index (χ4v) is 1.27. The van der Waals surface area contributed by atoms with Gasteiger partial charge in [0.1, 0.15) is 11.3 Å². The molecule has 0 aliphatic heterocycles. The quantitative estimate of drug-likeness (QED) is 0.539. The van der Waals surface area contributed by atoms with Gasteiger partial charge >= 0.3 is 5.97 Å². The number of rotatable bonds is 4. The maximum absolute atomic E-state index is 11.4. The van der Waals surface area contributed by atoms with Crippen molar-refractivity contribution in [1.29, 1.82) is 0 Å². The number of hydrogen-bond acceptors (Lipinski definition) is 5. The highest BCUT2D eigenvalue weighted by Crippen LogP contribution is 2.20. The number of aryl methyl sites for hydroxylation is 1. The van der Waals surface area contributed by atoms with Gasteiger partial charge in [-0.2, -0.15) is 5.10 Å². The molecule has 6 nitrogen and oxygen atoms in total. The van der Waals surface area contributed by atoms with E-state index < -0.39 is 12.3 Å². The predicted molar refractivity (Wildman–Crippen MR) is 51.3 cm³/mol. The lowest BCUT2D eigenvalue weighted by molar-refractivity contribution is -0.109. The Kier molecular flexibility index (Phi) is 3.81. The third-order valence-corrected chi connectivity index (χ3v) is 1.91.